The minimum Gasteiger partial charge on any atom is -0.459 e. The van der Waals surface area contributed by atoms with E-state index >= 15 is 0 Å². The maximum atomic E-state index is 12.2. The van der Waals surface area contributed by atoms with Crippen LogP contribution in [0.4, 0.5) is 11.4 Å². The number of amides is 2. The van der Waals surface area contributed by atoms with Gasteiger partial charge >= 0.3 is 0 Å². The van der Waals surface area contributed by atoms with Gasteiger partial charge in [-0.15, -0.1) is 0 Å². The summed E-state index contributed by atoms with van der Waals surface area (Å²) >= 11 is 0. The van der Waals surface area contributed by atoms with Gasteiger partial charge in [0.2, 0.25) is 5.91 Å². The summed E-state index contributed by atoms with van der Waals surface area (Å²) < 4.78 is 10.3. The van der Waals surface area contributed by atoms with Crippen LogP contribution in [0.15, 0.2) is 41.0 Å². The van der Waals surface area contributed by atoms with Crippen molar-refractivity contribution in [2.45, 2.75) is 13.0 Å². The largest absolute Gasteiger partial charge is 0.459 e. The van der Waals surface area contributed by atoms with Crippen molar-refractivity contribution in [1.82, 2.24) is 5.32 Å². The monoisotopic (exact) mass is 329 g/mol. The molecule has 24 heavy (non-hydrogen) atoms. The van der Waals surface area contributed by atoms with Crippen LogP contribution in [-0.2, 0) is 9.53 Å². The van der Waals surface area contributed by atoms with Gasteiger partial charge in [0, 0.05) is 17.9 Å². The van der Waals surface area contributed by atoms with E-state index in [0.717, 1.165) is 5.56 Å². The first-order chi connectivity index (χ1) is 11.6. The van der Waals surface area contributed by atoms with Crippen LogP contribution in [-0.4, -0.2) is 37.6 Å². The average Bonchev–Trinajstić information content (AvgIpc) is 3.13. The van der Waals surface area contributed by atoms with Crippen LogP contribution in [0.2, 0.25) is 0 Å². The highest BCUT2D eigenvalue weighted by molar-refractivity contribution is 6.03. The molecule has 0 bridgehead atoms. The first-order valence-corrected chi connectivity index (χ1v) is 7.71. The number of hydrogen-bond donors (Lipinski definition) is 3. The van der Waals surface area contributed by atoms with Gasteiger partial charge in [0.1, 0.15) is 6.04 Å². The van der Waals surface area contributed by atoms with Crippen molar-refractivity contribution in [1.29, 1.82) is 0 Å². The van der Waals surface area contributed by atoms with Gasteiger partial charge < -0.3 is 25.1 Å². The molecule has 1 unspecified atom stereocenters. The second kappa shape index (κ2) is 7.29. The normalized spacial score (nSPS) is 17.3. The molecule has 1 atom stereocenters. The zero-order chi connectivity index (χ0) is 16.9. The van der Waals surface area contributed by atoms with Crippen LogP contribution in [0, 0.1) is 6.92 Å². The molecule has 1 aliphatic heterocycles. The fourth-order valence-corrected chi connectivity index (χ4v) is 2.44. The van der Waals surface area contributed by atoms with Crippen LogP contribution in [0.3, 0.4) is 0 Å². The van der Waals surface area contributed by atoms with Gasteiger partial charge in [-0.1, -0.05) is 0 Å². The van der Waals surface area contributed by atoms with Crippen molar-refractivity contribution in [2.24, 2.45) is 0 Å². The van der Waals surface area contributed by atoms with Crippen LogP contribution >= 0.6 is 0 Å². The van der Waals surface area contributed by atoms with E-state index in [1.54, 1.807) is 30.3 Å². The van der Waals surface area contributed by atoms with E-state index in [9.17, 15) is 9.59 Å². The van der Waals surface area contributed by atoms with Crippen molar-refractivity contribution in [3.63, 3.8) is 0 Å². The first kappa shape index (κ1) is 16.2. The predicted molar refractivity (Wildman–Crippen MR) is 89.1 cm³/mol. The lowest BCUT2D eigenvalue weighted by Crippen LogP contribution is -2.48. The summed E-state index contributed by atoms with van der Waals surface area (Å²) in [6.07, 6.45) is 1.45. The van der Waals surface area contributed by atoms with Crippen LogP contribution in [0.1, 0.15) is 16.1 Å². The summed E-state index contributed by atoms with van der Waals surface area (Å²) in [4.78, 5) is 24.2. The number of anilines is 2. The highest BCUT2D eigenvalue weighted by Crippen LogP contribution is 2.21. The van der Waals surface area contributed by atoms with Crippen molar-refractivity contribution in [3.05, 3.63) is 47.9 Å². The molecule has 1 fully saturated rings. The summed E-state index contributed by atoms with van der Waals surface area (Å²) in [5.74, 6) is -0.208. The van der Waals surface area contributed by atoms with E-state index in [0.29, 0.717) is 31.1 Å². The van der Waals surface area contributed by atoms with E-state index < -0.39 is 0 Å². The molecule has 3 N–H and O–H groups in total. The van der Waals surface area contributed by atoms with Gasteiger partial charge in [-0.05, 0) is 42.8 Å². The fraction of sp³-hybridized carbons (Fsp3) is 0.294. The molecule has 0 spiro atoms. The number of rotatable bonds is 4. The zero-order valence-electron chi connectivity index (χ0n) is 13.3. The topological polar surface area (TPSA) is 92.6 Å². The van der Waals surface area contributed by atoms with Gasteiger partial charge in [0.15, 0.2) is 5.76 Å². The van der Waals surface area contributed by atoms with E-state index in [1.165, 1.54) is 6.26 Å². The maximum Gasteiger partial charge on any atom is 0.291 e. The minimum atomic E-state index is -0.350. The minimum absolute atomic E-state index is 0.138. The molecule has 7 nitrogen and oxygen atoms in total. The molecule has 1 aromatic heterocycles. The van der Waals surface area contributed by atoms with Gasteiger partial charge in [0.25, 0.3) is 5.91 Å². The molecule has 0 radical (unpaired) electrons. The lowest BCUT2D eigenvalue weighted by Gasteiger charge is -2.23. The van der Waals surface area contributed by atoms with E-state index in [1.807, 2.05) is 6.92 Å². The molecule has 0 saturated carbocycles. The molecule has 2 aromatic rings. The SMILES string of the molecule is Cc1cc(NC(=O)C2COCCN2)ccc1NC(=O)c1ccco1. The number of morpholine rings is 1. The lowest BCUT2D eigenvalue weighted by atomic mass is 10.1. The number of ether oxygens (including phenoxy) is 1. The zero-order valence-corrected chi connectivity index (χ0v) is 13.3. The van der Waals surface area contributed by atoms with E-state index in [4.69, 9.17) is 9.15 Å². The first-order valence-electron chi connectivity index (χ1n) is 7.71. The summed E-state index contributed by atoms with van der Waals surface area (Å²) in [7, 11) is 0. The Morgan fingerprint density at radius 1 is 1.25 bits per heavy atom. The molecule has 1 saturated heterocycles. The number of carbonyl (C=O) groups excluding carboxylic acids is 2. The Hall–Kier alpha value is -2.64. The Balaban J connectivity index is 1.63. The quantitative estimate of drug-likeness (QED) is 0.795. The molecule has 2 amide bonds. The van der Waals surface area contributed by atoms with Crippen molar-refractivity contribution < 1.29 is 18.7 Å². The van der Waals surface area contributed by atoms with Crippen molar-refractivity contribution >= 4 is 23.2 Å². The number of carbonyl (C=O) groups is 2. The summed E-state index contributed by atoms with van der Waals surface area (Å²) in [6, 6.07) is 8.20. The van der Waals surface area contributed by atoms with E-state index in [-0.39, 0.29) is 23.6 Å². The molecule has 0 aliphatic carbocycles. The smallest absolute Gasteiger partial charge is 0.291 e. The Morgan fingerprint density at radius 3 is 2.79 bits per heavy atom. The summed E-state index contributed by atoms with van der Waals surface area (Å²) in [5, 5.41) is 8.73. The molecule has 126 valence electrons. The summed E-state index contributed by atoms with van der Waals surface area (Å²) in [5.41, 5.74) is 2.16. The standard InChI is InChI=1S/C17H19N3O4/c1-11-9-12(19-16(21)14-10-23-8-6-18-14)4-5-13(11)20-17(22)15-3-2-7-24-15/h2-5,7,9,14,18H,6,8,10H2,1H3,(H,19,21)(H,20,22). The molecule has 3 rings (SSSR count). The molecular formula is C17H19N3O4. The third-order valence-electron chi connectivity index (χ3n) is 3.73. The van der Waals surface area contributed by atoms with E-state index in [2.05, 4.69) is 16.0 Å². The lowest BCUT2D eigenvalue weighted by molar-refractivity contribution is -0.120. The Kier molecular flexibility index (Phi) is 4.93. The van der Waals surface area contributed by atoms with Crippen molar-refractivity contribution in [3.8, 4) is 0 Å². The van der Waals surface area contributed by atoms with Gasteiger partial charge in [-0.25, -0.2) is 0 Å². The highest BCUT2D eigenvalue weighted by atomic mass is 16.5. The Morgan fingerprint density at radius 2 is 2.12 bits per heavy atom. The summed E-state index contributed by atoms with van der Waals surface area (Å²) in [6.45, 7) is 3.50. The van der Waals surface area contributed by atoms with Gasteiger partial charge in [0.05, 0.1) is 19.5 Å². The predicted octanol–water partition coefficient (Wildman–Crippen LogP) is 1.77. The molecule has 1 aliphatic rings. The molecule has 1 aromatic carbocycles. The molecule has 2 heterocycles. The second-order valence-electron chi connectivity index (χ2n) is 5.53. The van der Waals surface area contributed by atoms with Crippen LogP contribution < -0.4 is 16.0 Å². The second-order valence-corrected chi connectivity index (χ2v) is 5.53. The maximum absolute atomic E-state index is 12.2. The third kappa shape index (κ3) is 3.81. The van der Waals surface area contributed by atoms with Crippen LogP contribution in [0.25, 0.3) is 0 Å². The van der Waals surface area contributed by atoms with Crippen molar-refractivity contribution in [2.75, 3.05) is 30.4 Å². The average molecular weight is 329 g/mol. The molecular weight excluding hydrogens is 310 g/mol. The number of benzene rings is 1. The number of hydrogen-bond acceptors (Lipinski definition) is 5. The van der Waals surface area contributed by atoms with Gasteiger partial charge in [-0.2, -0.15) is 0 Å². The number of nitrogens with one attached hydrogen (secondary N) is 3. The highest BCUT2D eigenvalue weighted by Gasteiger charge is 2.21. The third-order valence-corrected chi connectivity index (χ3v) is 3.73. The fourth-order valence-electron chi connectivity index (χ4n) is 2.44. The number of aryl methyl sites for hydroxylation is 1. The van der Waals surface area contributed by atoms with Crippen LogP contribution in [0.5, 0.6) is 0 Å². The Labute approximate surface area is 139 Å². The molecule has 7 heteroatoms. The Bertz CT molecular complexity index is 721. The number of furan rings is 1. The van der Waals surface area contributed by atoms with Gasteiger partial charge in [-0.3, -0.25) is 9.59 Å².